The third-order valence-electron chi connectivity index (χ3n) is 4.67. The van der Waals surface area contributed by atoms with Crippen molar-refractivity contribution in [2.75, 3.05) is 20.8 Å². The van der Waals surface area contributed by atoms with Crippen LogP contribution < -0.4 is 14.8 Å². The van der Waals surface area contributed by atoms with E-state index in [2.05, 4.69) is 22.4 Å². The lowest BCUT2D eigenvalue weighted by atomic mass is 10.1. The zero-order chi connectivity index (χ0) is 19.1. The number of hydrogen-bond donors (Lipinski definition) is 2. The fraction of sp³-hybridized carbons (Fsp3) is 0.318. The lowest BCUT2D eigenvalue weighted by Crippen LogP contribution is -2.25. The van der Waals surface area contributed by atoms with E-state index in [4.69, 9.17) is 9.47 Å². The van der Waals surface area contributed by atoms with Crippen LogP contribution >= 0.6 is 0 Å². The van der Waals surface area contributed by atoms with Gasteiger partial charge in [-0.1, -0.05) is 18.2 Å². The summed E-state index contributed by atoms with van der Waals surface area (Å²) in [6, 6.07) is 14.0. The van der Waals surface area contributed by atoms with Crippen molar-refractivity contribution >= 4 is 16.8 Å². The molecule has 142 valence electrons. The van der Waals surface area contributed by atoms with Crippen LogP contribution in [0.4, 0.5) is 0 Å². The molecule has 0 aliphatic rings. The molecule has 1 heterocycles. The van der Waals surface area contributed by atoms with Crippen LogP contribution in [0.1, 0.15) is 24.0 Å². The van der Waals surface area contributed by atoms with Gasteiger partial charge in [0.05, 0.1) is 14.2 Å². The molecule has 27 heavy (non-hydrogen) atoms. The Morgan fingerprint density at radius 3 is 2.52 bits per heavy atom. The first-order valence-electron chi connectivity index (χ1n) is 9.23. The molecule has 3 rings (SSSR count). The van der Waals surface area contributed by atoms with Gasteiger partial charge >= 0.3 is 0 Å². The van der Waals surface area contributed by atoms with Crippen molar-refractivity contribution in [1.82, 2.24) is 10.3 Å². The number of nitrogens with one attached hydrogen (secondary N) is 2. The number of fused-ring (bicyclic) bond motifs is 1. The number of amides is 1. The van der Waals surface area contributed by atoms with Crippen LogP contribution in [0, 0.1) is 0 Å². The molecule has 2 aromatic carbocycles. The molecule has 0 saturated heterocycles. The molecule has 0 aliphatic heterocycles. The van der Waals surface area contributed by atoms with Gasteiger partial charge in [0.2, 0.25) is 5.91 Å². The van der Waals surface area contributed by atoms with Gasteiger partial charge in [0.25, 0.3) is 0 Å². The Hall–Kier alpha value is -2.95. The number of carbonyl (C=O) groups excluding carboxylic acids is 1. The number of hydrogen-bond acceptors (Lipinski definition) is 3. The highest BCUT2D eigenvalue weighted by Gasteiger charge is 2.06. The van der Waals surface area contributed by atoms with Gasteiger partial charge in [-0.25, -0.2) is 0 Å². The molecule has 0 unspecified atom stereocenters. The topological polar surface area (TPSA) is 63.3 Å². The van der Waals surface area contributed by atoms with E-state index in [-0.39, 0.29) is 5.91 Å². The van der Waals surface area contributed by atoms with E-state index in [1.807, 2.05) is 36.5 Å². The monoisotopic (exact) mass is 366 g/mol. The Morgan fingerprint density at radius 2 is 1.78 bits per heavy atom. The summed E-state index contributed by atoms with van der Waals surface area (Å²) in [6.07, 6.45) is 5.03. The van der Waals surface area contributed by atoms with Gasteiger partial charge in [-0.3, -0.25) is 4.79 Å². The van der Waals surface area contributed by atoms with Gasteiger partial charge in [-0.05, 0) is 48.6 Å². The standard InChI is InChI=1S/C22H26N2O3/c1-26-18-12-16(13-19(14-18)27-2)10-11-23-22(25)9-5-6-17-15-24-21-8-4-3-7-20(17)21/h3-4,7-8,12-15,24H,5-6,9-11H2,1-2H3,(H,23,25). The number of aromatic amines is 1. The molecule has 0 atom stereocenters. The maximum absolute atomic E-state index is 12.1. The second-order valence-electron chi connectivity index (χ2n) is 6.53. The Bertz CT molecular complexity index is 879. The van der Waals surface area contributed by atoms with Crippen LogP contribution in [0.3, 0.4) is 0 Å². The number of carbonyl (C=O) groups is 1. The number of aromatic nitrogens is 1. The van der Waals surface area contributed by atoms with E-state index < -0.39 is 0 Å². The third kappa shape index (κ3) is 5.03. The first-order chi connectivity index (χ1) is 13.2. The van der Waals surface area contributed by atoms with E-state index in [1.54, 1.807) is 14.2 Å². The number of aryl methyl sites for hydroxylation is 1. The highest BCUT2D eigenvalue weighted by atomic mass is 16.5. The second kappa shape index (κ2) is 9.12. The number of para-hydroxylation sites is 1. The van der Waals surface area contributed by atoms with Gasteiger partial charge in [0.15, 0.2) is 0 Å². The summed E-state index contributed by atoms with van der Waals surface area (Å²) >= 11 is 0. The average molecular weight is 366 g/mol. The SMILES string of the molecule is COc1cc(CCNC(=O)CCCc2c[nH]c3ccccc23)cc(OC)c1. The van der Waals surface area contributed by atoms with Crippen LogP contribution in [0.5, 0.6) is 11.5 Å². The van der Waals surface area contributed by atoms with Crippen molar-refractivity contribution in [3.05, 3.63) is 59.8 Å². The van der Waals surface area contributed by atoms with E-state index in [0.717, 1.165) is 41.8 Å². The minimum absolute atomic E-state index is 0.0877. The molecule has 2 N–H and O–H groups in total. The minimum Gasteiger partial charge on any atom is -0.497 e. The average Bonchev–Trinajstić information content (AvgIpc) is 3.11. The molecule has 0 spiro atoms. The lowest BCUT2D eigenvalue weighted by molar-refractivity contribution is -0.121. The zero-order valence-corrected chi connectivity index (χ0v) is 15.9. The van der Waals surface area contributed by atoms with Crippen molar-refractivity contribution in [3.63, 3.8) is 0 Å². The second-order valence-corrected chi connectivity index (χ2v) is 6.53. The predicted molar refractivity (Wildman–Crippen MR) is 107 cm³/mol. The molecule has 1 aromatic heterocycles. The molecule has 0 bridgehead atoms. The summed E-state index contributed by atoms with van der Waals surface area (Å²) in [5, 5.41) is 4.24. The molecule has 0 radical (unpaired) electrons. The van der Waals surface area contributed by atoms with Gasteiger partial charge in [-0.2, -0.15) is 0 Å². The fourth-order valence-corrected chi connectivity index (χ4v) is 3.22. The maximum Gasteiger partial charge on any atom is 0.220 e. The Labute approximate surface area is 159 Å². The smallest absolute Gasteiger partial charge is 0.220 e. The van der Waals surface area contributed by atoms with Gasteiger partial charge in [0.1, 0.15) is 11.5 Å². The molecule has 0 saturated carbocycles. The number of rotatable bonds is 9. The molecule has 1 amide bonds. The van der Waals surface area contributed by atoms with Crippen LogP contribution in [0.15, 0.2) is 48.7 Å². The van der Waals surface area contributed by atoms with Gasteiger partial charge in [-0.15, -0.1) is 0 Å². The summed E-state index contributed by atoms with van der Waals surface area (Å²) in [4.78, 5) is 15.4. The summed E-state index contributed by atoms with van der Waals surface area (Å²) in [6.45, 7) is 0.599. The summed E-state index contributed by atoms with van der Waals surface area (Å²) < 4.78 is 10.5. The van der Waals surface area contributed by atoms with E-state index in [1.165, 1.54) is 10.9 Å². The Balaban J connectivity index is 1.42. The van der Waals surface area contributed by atoms with E-state index in [9.17, 15) is 4.79 Å². The van der Waals surface area contributed by atoms with Crippen LogP contribution in [-0.4, -0.2) is 31.7 Å². The quantitative estimate of drug-likeness (QED) is 0.604. The number of benzene rings is 2. The Morgan fingerprint density at radius 1 is 1.04 bits per heavy atom. The van der Waals surface area contributed by atoms with Crippen molar-refractivity contribution in [2.45, 2.75) is 25.7 Å². The molecule has 0 fully saturated rings. The van der Waals surface area contributed by atoms with Crippen LogP contribution in [0.2, 0.25) is 0 Å². The van der Waals surface area contributed by atoms with E-state index in [0.29, 0.717) is 13.0 Å². The first kappa shape index (κ1) is 18.8. The minimum atomic E-state index is 0.0877. The summed E-state index contributed by atoms with van der Waals surface area (Å²) in [5.74, 6) is 1.61. The first-order valence-corrected chi connectivity index (χ1v) is 9.23. The normalized spacial score (nSPS) is 10.7. The molecule has 5 heteroatoms. The molecular formula is C22H26N2O3. The van der Waals surface area contributed by atoms with E-state index >= 15 is 0 Å². The number of H-pyrrole nitrogens is 1. The molecule has 5 nitrogen and oxygen atoms in total. The van der Waals surface area contributed by atoms with Gasteiger partial charge in [0, 0.05) is 36.1 Å². The third-order valence-corrected chi connectivity index (χ3v) is 4.67. The Kier molecular flexibility index (Phi) is 6.36. The zero-order valence-electron chi connectivity index (χ0n) is 15.9. The largest absolute Gasteiger partial charge is 0.497 e. The van der Waals surface area contributed by atoms with Crippen molar-refractivity contribution in [3.8, 4) is 11.5 Å². The predicted octanol–water partition coefficient (Wildman–Crippen LogP) is 3.87. The molecule has 0 aliphatic carbocycles. The molecular weight excluding hydrogens is 340 g/mol. The van der Waals surface area contributed by atoms with Crippen molar-refractivity contribution < 1.29 is 14.3 Å². The fourth-order valence-electron chi connectivity index (χ4n) is 3.22. The van der Waals surface area contributed by atoms with Crippen molar-refractivity contribution in [1.29, 1.82) is 0 Å². The van der Waals surface area contributed by atoms with Crippen molar-refractivity contribution in [2.24, 2.45) is 0 Å². The molecule has 3 aromatic rings. The highest BCUT2D eigenvalue weighted by Crippen LogP contribution is 2.22. The maximum atomic E-state index is 12.1. The summed E-state index contributed by atoms with van der Waals surface area (Å²) in [7, 11) is 3.27. The number of methoxy groups -OCH3 is 2. The summed E-state index contributed by atoms with van der Waals surface area (Å²) in [5.41, 5.74) is 3.48. The lowest BCUT2D eigenvalue weighted by Gasteiger charge is -2.09. The number of ether oxygens (including phenoxy) is 2. The van der Waals surface area contributed by atoms with Gasteiger partial charge < -0.3 is 19.8 Å². The van der Waals surface area contributed by atoms with Crippen LogP contribution in [0.25, 0.3) is 10.9 Å². The highest BCUT2D eigenvalue weighted by molar-refractivity contribution is 5.83. The van der Waals surface area contributed by atoms with Crippen LogP contribution in [-0.2, 0) is 17.6 Å².